The van der Waals surface area contributed by atoms with Crippen molar-refractivity contribution in [3.8, 4) is 0 Å². The van der Waals surface area contributed by atoms with Crippen LogP contribution in [-0.4, -0.2) is 28.9 Å². The number of aliphatic carboxylic acids is 1. The minimum atomic E-state index is -2.51. The Bertz CT molecular complexity index is 563. The number of nitrogens with one attached hydrogen (secondary N) is 2. The van der Waals surface area contributed by atoms with Gasteiger partial charge in [0, 0.05) is 16.6 Å². The van der Waals surface area contributed by atoms with Crippen LogP contribution < -0.4 is 10.6 Å². The summed E-state index contributed by atoms with van der Waals surface area (Å²) >= 11 is 0.418. The molecule has 1 aromatic carbocycles. The SMILES string of the molecule is O=C(Nc1cccc(SC(F)F)c1)NC1CCC(C(=O)O)CC1. The Morgan fingerprint density at radius 3 is 2.52 bits per heavy atom. The highest BCUT2D eigenvalue weighted by Crippen LogP contribution is 2.27. The smallest absolute Gasteiger partial charge is 0.319 e. The lowest BCUT2D eigenvalue weighted by Crippen LogP contribution is -2.40. The summed E-state index contributed by atoms with van der Waals surface area (Å²) in [5.41, 5.74) is 0.437. The fraction of sp³-hybridized carbons (Fsp3) is 0.467. The summed E-state index contributed by atoms with van der Waals surface area (Å²) in [7, 11) is 0. The molecule has 5 nitrogen and oxygen atoms in total. The van der Waals surface area contributed by atoms with Gasteiger partial charge in [-0.1, -0.05) is 17.8 Å². The summed E-state index contributed by atoms with van der Waals surface area (Å²) in [6, 6.07) is 5.77. The van der Waals surface area contributed by atoms with E-state index in [9.17, 15) is 18.4 Å². The molecule has 0 aliphatic heterocycles. The van der Waals surface area contributed by atoms with Crippen molar-refractivity contribution < 1.29 is 23.5 Å². The van der Waals surface area contributed by atoms with E-state index in [1.54, 1.807) is 18.2 Å². The van der Waals surface area contributed by atoms with Crippen molar-refractivity contribution in [3.05, 3.63) is 24.3 Å². The second kappa shape index (κ2) is 8.14. The van der Waals surface area contributed by atoms with Crippen LogP contribution in [0.2, 0.25) is 0 Å². The zero-order chi connectivity index (χ0) is 16.8. The number of hydrogen-bond acceptors (Lipinski definition) is 3. The largest absolute Gasteiger partial charge is 0.481 e. The van der Waals surface area contributed by atoms with Gasteiger partial charge in [-0.25, -0.2) is 4.79 Å². The van der Waals surface area contributed by atoms with Crippen LogP contribution in [-0.2, 0) is 4.79 Å². The second-order valence-corrected chi connectivity index (χ2v) is 6.46. The van der Waals surface area contributed by atoms with Gasteiger partial charge in [0.2, 0.25) is 0 Å². The van der Waals surface area contributed by atoms with Gasteiger partial charge in [0.15, 0.2) is 0 Å². The van der Waals surface area contributed by atoms with E-state index >= 15 is 0 Å². The summed E-state index contributed by atoms with van der Waals surface area (Å²) in [6.07, 6.45) is 2.32. The molecule has 1 aliphatic carbocycles. The van der Waals surface area contributed by atoms with Gasteiger partial charge in [-0.15, -0.1) is 0 Å². The minimum Gasteiger partial charge on any atom is -0.481 e. The molecule has 2 rings (SSSR count). The molecule has 0 aromatic heterocycles. The van der Waals surface area contributed by atoms with Gasteiger partial charge in [-0.2, -0.15) is 8.78 Å². The summed E-state index contributed by atoms with van der Waals surface area (Å²) < 4.78 is 24.7. The average Bonchev–Trinajstić information content (AvgIpc) is 2.47. The predicted molar refractivity (Wildman–Crippen MR) is 83.8 cm³/mol. The molecule has 3 N–H and O–H groups in total. The number of carbonyl (C=O) groups excluding carboxylic acids is 1. The number of anilines is 1. The van der Waals surface area contributed by atoms with Crippen LogP contribution in [0.1, 0.15) is 25.7 Å². The summed E-state index contributed by atoms with van der Waals surface area (Å²) in [5.74, 6) is -3.64. The van der Waals surface area contributed by atoms with Gasteiger partial charge in [-0.05, 0) is 43.9 Å². The van der Waals surface area contributed by atoms with E-state index in [0.717, 1.165) is 0 Å². The number of carbonyl (C=O) groups is 2. The minimum absolute atomic E-state index is 0.0655. The molecule has 0 spiro atoms. The normalized spacial score (nSPS) is 21.0. The van der Waals surface area contributed by atoms with Crippen LogP contribution >= 0.6 is 11.8 Å². The molecule has 0 radical (unpaired) electrons. The fourth-order valence-corrected chi connectivity index (χ4v) is 3.15. The first-order valence-electron chi connectivity index (χ1n) is 7.29. The zero-order valence-corrected chi connectivity index (χ0v) is 13.1. The first-order valence-corrected chi connectivity index (χ1v) is 8.17. The highest BCUT2D eigenvalue weighted by atomic mass is 32.2. The first-order chi connectivity index (χ1) is 10.9. The molecule has 8 heteroatoms. The van der Waals surface area contributed by atoms with Crippen molar-refractivity contribution in [3.63, 3.8) is 0 Å². The van der Waals surface area contributed by atoms with Crippen molar-refractivity contribution in [2.75, 3.05) is 5.32 Å². The van der Waals surface area contributed by atoms with Gasteiger partial charge >= 0.3 is 12.0 Å². The van der Waals surface area contributed by atoms with Crippen LogP contribution in [0.15, 0.2) is 29.2 Å². The van der Waals surface area contributed by atoms with E-state index < -0.39 is 17.8 Å². The third-order valence-electron chi connectivity index (χ3n) is 3.73. The van der Waals surface area contributed by atoms with Gasteiger partial charge in [0.25, 0.3) is 5.76 Å². The van der Waals surface area contributed by atoms with Gasteiger partial charge in [0.1, 0.15) is 0 Å². The number of benzene rings is 1. The lowest BCUT2D eigenvalue weighted by Gasteiger charge is -2.26. The van der Waals surface area contributed by atoms with Crippen molar-refractivity contribution in [2.45, 2.75) is 42.4 Å². The monoisotopic (exact) mass is 344 g/mol. The fourth-order valence-electron chi connectivity index (χ4n) is 2.59. The molecule has 2 amide bonds. The highest BCUT2D eigenvalue weighted by Gasteiger charge is 2.26. The van der Waals surface area contributed by atoms with Gasteiger partial charge < -0.3 is 15.7 Å². The molecule has 0 saturated heterocycles. The molecule has 0 bridgehead atoms. The Morgan fingerprint density at radius 2 is 1.91 bits per heavy atom. The molecule has 1 saturated carbocycles. The van der Waals surface area contributed by atoms with E-state index in [1.807, 2.05) is 0 Å². The van der Waals surface area contributed by atoms with Crippen molar-refractivity contribution >= 4 is 29.4 Å². The number of halogens is 2. The van der Waals surface area contributed by atoms with E-state index in [0.29, 0.717) is 48.0 Å². The molecule has 1 aromatic rings. The number of amides is 2. The molecule has 0 heterocycles. The van der Waals surface area contributed by atoms with Crippen LogP contribution in [0.5, 0.6) is 0 Å². The lowest BCUT2D eigenvalue weighted by molar-refractivity contribution is -0.142. The van der Waals surface area contributed by atoms with Gasteiger partial charge in [0.05, 0.1) is 5.92 Å². The van der Waals surface area contributed by atoms with Crippen molar-refractivity contribution in [1.82, 2.24) is 5.32 Å². The van der Waals surface area contributed by atoms with Crippen LogP contribution in [0.3, 0.4) is 0 Å². The maximum Gasteiger partial charge on any atom is 0.319 e. The molecule has 1 fully saturated rings. The van der Waals surface area contributed by atoms with Crippen LogP contribution in [0.4, 0.5) is 19.3 Å². The van der Waals surface area contributed by atoms with E-state index in [4.69, 9.17) is 5.11 Å². The van der Waals surface area contributed by atoms with Crippen molar-refractivity contribution in [1.29, 1.82) is 0 Å². The van der Waals surface area contributed by atoms with E-state index in [2.05, 4.69) is 10.6 Å². The van der Waals surface area contributed by atoms with Crippen LogP contribution in [0, 0.1) is 5.92 Å². The molecule has 23 heavy (non-hydrogen) atoms. The van der Waals surface area contributed by atoms with Crippen molar-refractivity contribution in [2.24, 2.45) is 5.92 Å². The second-order valence-electron chi connectivity index (χ2n) is 5.39. The topological polar surface area (TPSA) is 78.4 Å². The van der Waals surface area contributed by atoms with Crippen LogP contribution in [0.25, 0.3) is 0 Å². The quantitative estimate of drug-likeness (QED) is 0.711. The lowest BCUT2D eigenvalue weighted by atomic mass is 9.86. The Kier molecular flexibility index (Phi) is 6.20. The number of rotatable bonds is 5. The third kappa shape index (κ3) is 5.70. The maximum atomic E-state index is 12.3. The number of carboxylic acids is 1. The molecule has 0 atom stereocenters. The number of urea groups is 1. The Hall–Kier alpha value is -1.83. The standard InChI is InChI=1S/C15H18F2N2O3S/c16-14(17)23-12-3-1-2-11(8-12)19-15(22)18-10-6-4-9(5-7-10)13(20)21/h1-3,8-10,14H,4-7H2,(H,20,21)(H2,18,19,22). The maximum absolute atomic E-state index is 12.3. The number of alkyl halides is 2. The summed E-state index contributed by atoms with van der Waals surface area (Å²) in [4.78, 5) is 23.2. The zero-order valence-electron chi connectivity index (χ0n) is 12.3. The van der Waals surface area contributed by atoms with E-state index in [1.165, 1.54) is 6.07 Å². The number of thioether (sulfide) groups is 1. The average molecular weight is 344 g/mol. The predicted octanol–water partition coefficient (Wildman–Crippen LogP) is 3.77. The third-order valence-corrected chi connectivity index (χ3v) is 4.43. The summed E-state index contributed by atoms with van der Waals surface area (Å²) in [5, 5.41) is 14.3. The Labute approximate surface area is 136 Å². The molecule has 126 valence electrons. The highest BCUT2D eigenvalue weighted by molar-refractivity contribution is 7.99. The first kappa shape index (κ1) is 17.5. The van der Waals surface area contributed by atoms with E-state index in [-0.39, 0.29) is 12.0 Å². The molecule has 0 unspecified atom stereocenters. The van der Waals surface area contributed by atoms with Gasteiger partial charge in [-0.3, -0.25) is 4.79 Å². The number of carboxylic acid groups (broad SMARTS) is 1. The summed E-state index contributed by atoms with van der Waals surface area (Å²) in [6.45, 7) is 0. The Morgan fingerprint density at radius 1 is 1.22 bits per heavy atom. The Balaban J connectivity index is 1.82. The number of hydrogen-bond donors (Lipinski definition) is 3. The molecular formula is C15H18F2N2O3S. The molecular weight excluding hydrogens is 326 g/mol. The molecule has 1 aliphatic rings.